The van der Waals surface area contributed by atoms with Gasteiger partial charge in [0.15, 0.2) is 0 Å². The highest BCUT2D eigenvalue weighted by Gasteiger charge is 1.99. The second-order valence-corrected chi connectivity index (χ2v) is 4.82. The molecule has 0 unspecified atom stereocenters. The van der Waals surface area contributed by atoms with Gasteiger partial charge in [-0.1, -0.05) is 47.0 Å². The van der Waals surface area contributed by atoms with Gasteiger partial charge in [0.05, 0.1) is 0 Å². The van der Waals surface area contributed by atoms with Gasteiger partial charge in [0.25, 0.3) is 0 Å². The van der Waals surface area contributed by atoms with E-state index in [1.165, 1.54) is 71.4 Å². The molecule has 0 heterocycles. The molecule has 0 aromatic rings. The lowest BCUT2D eigenvalue weighted by molar-refractivity contribution is 0.287. The van der Waals surface area contributed by atoms with E-state index >= 15 is 0 Å². The Bertz CT molecular complexity index is 124. The number of hydrogen-bond acceptors (Lipinski definition) is 2. The lowest BCUT2D eigenvalue weighted by Crippen LogP contribution is -2.24. The molecule has 0 aliphatic rings. The van der Waals surface area contributed by atoms with Gasteiger partial charge in [-0.05, 0) is 52.1 Å². The predicted octanol–water partition coefficient (Wildman–Crippen LogP) is 3.62. The summed E-state index contributed by atoms with van der Waals surface area (Å²) in [6.07, 6.45) is 7.01. The fraction of sp³-hybridized carbons (Fsp3) is 1.00. The first-order chi connectivity index (χ1) is 8.28. The Labute approximate surface area is 109 Å². The van der Waals surface area contributed by atoms with E-state index in [0.717, 1.165) is 0 Å². The average molecular weight is 242 g/mol. The Morgan fingerprint density at radius 3 is 1.06 bits per heavy atom. The topological polar surface area (TPSA) is 6.48 Å². The third-order valence-corrected chi connectivity index (χ3v) is 3.74. The van der Waals surface area contributed by atoms with Crippen molar-refractivity contribution >= 4 is 0 Å². The molecule has 0 spiro atoms. The van der Waals surface area contributed by atoms with Crippen LogP contribution in [0.2, 0.25) is 0 Å². The minimum Gasteiger partial charge on any atom is -0.304 e. The maximum atomic E-state index is 2.52. The van der Waals surface area contributed by atoms with E-state index in [-0.39, 0.29) is 0 Å². The van der Waals surface area contributed by atoms with Gasteiger partial charge < -0.3 is 9.80 Å². The van der Waals surface area contributed by atoms with Crippen LogP contribution in [0.1, 0.15) is 59.8 Å². The van der Waals surface area contributed by atoms with Gasteiger partial charge >= 0.3 is 0 Å². The average Bonchev–Trinajstić information content (AvgIpc) is 2.37. The lowest BCUT2D eigenvalue weighted by atomic mass is 10.1. The lowest BCUT2D eigenvalue weighted by Gasteiger charge is -2.18. The van der Waals surface area contributed by atoms with Crippen LogP contribution in [0.25, 0.3) is 0 Å². The van der Waals surface area contributed by atoms with Crippen LogP contribution in [-0.4, -0.2) is 49.1 Å². The van der Waals surface area contributed by atoms with Gasteiger partial charge in [0, 0.05) is 0 Å². The number of unbranched alkanes of at least 4 members (excludes halogenated alkanes) is 4. The molecule has 0 atom stereocenters. The molecular weight excluding hydrogens is 208 g/mol. The summed E-state index contributed by atoms with van der Waals surface area (Å²) in [7, 11) is 0. The van der Waals surface area contributed by atoms with Crippen LogP contribution in [0.3, 0.4) is 0 Å². The van der Waals surface area contributed by atoms with E-state index < -0.39 is 0 Å². The number of nitrogens with zero attached hydrogens (tertiary/aromatic N) is 2. The van der Waals surface area contributed by atoms with Crippen molar-refractivity contribution in [2.75, 3.05) is 39.3 Å². The first-order valence-corrected chi connectivity index (χ1v) is 7.73. The summed E-state index contributed by atoms with van der Waals surface area (Å²) < 4.78 is 0. The van der Waals surface area contributed by atoms with Crippen molar-refractivity contribution in [2.24, 2.45) is 0 Å². The maximum Gasteiger partial charge on any atom is -0.00190 e. The zero-order valence-corrected chi connectivity index (χ0v) is 12.7. The summed E-state index contributed by atoms with van der Waals surface area (Å²) in [5.74, 6) is 0. The molecule has 0 aliphatic carbocycles. The Morgan fingerprint density at radius 2 is 0.765 bits per heavy atom. The van der Waals surface area contributed by atoms with Crippen molar-refractivity contribution in [2.45, 2.75) is 59.8 Å². The molecule has 0 bridgehead atoms. The third-order valence-electron chi connectivity index (χ3n) is 3.74. The fourth-order valence-corrected chi connectivity index (χ4v) is 2.28. The molecule has 2 heteroatoms. The smallest absolute Gasteiger partial charge is 0.00190 e. The van der Waals surface area contributed by atoms with E-state index in [9.17, 15) is 0 Å². The van der Waals surface area contributed by atoms with Crippen LogP contribution in [0.15, 0.2) is 0 Å². The van der Waals surface area contributed by atoms with Crippen molar-refractivity contribution in [1.82, 2.24) is 9.80 Å². The van der Waals surface area contributed by atoms with E-state index in [0.29, 0.717) is 0 Å². The fourth-order valence-electron chi connectivity index (χ4n) is 2.28. The molecule has 0 fully saturated rings. The minimum atomic E-state index is 1.21. The monoisotopic (exact) mass is 242 g/mol. The zero-order valence-electron chi connectivity index (χ0n) is 12.7. The van der Waals surface area contributed by atoms with Crippen molar-refractivity contribution in [3.05, 3.63) is 0 Å². The van der Waals surface area contributed by atoms with Crippen LogP contribution >= 0.6 is 0 Å². The highest BCUT2D eigenvalue weighted by Crippen LogP contribution is 2.05. The first-order valence-electron chi connectivity index (χ1n) is 7.73. The Morgan fingerprint density at radius 1 is 0.471 bits per heavy atom. The van der Waals surface area contributed by atoms with Gasteiger partial charge in [-0.25, -0.2) is 0 Å². The molecule has 2 nitrogen and oxygen atoms in total. The summed E-state index contributed by atoms with van der Waals surface area (Å²) in [5, 5.41) is 0. The molecule has 0 radical (unpaired) electrons. The summed E-state index contributed by atoms with van der Waals surface area (Å²) in [4.78, 5) is 5.05. The molecular formula is C15H34N2. The van der Waals surface area contributed by atoms with E-state index in [4.69, 9.17) is 0 Å². The van der Waals surface area contributed by atoms with Crippen molar-refractivity contribution < 1.29 is 0 Å². The molecule has 0 aromatic carbocycles. The van der Waals surface area contributed by atoms with Crippen LogP contribution in [-0.2, 0) is 0 Å². The van der Waals surface area contributed by atoms with Gasteiger partial charge in [-0.3, -0.25) is 0 Å². The second-order valence-electron chi connectivity index (χ2n) is 4.82. The molecule has 17 heavy (non-hydrogen) atoms. The van der Waals surface area contributed by atoms with E-state index in [1.807, 2.05) is 0 Å². The van der Waals surface area contributed by atoms with Crippen LogP contribution in [0.4, 0.5) is 0 Å². The Balaban J connectivity index is 3.23. The summed E-state index contributed by atoms with van der Waals surface area (Å²) in [5.41, 5.74) is 0. The van der Waals surface area contributed by atoms with Crippen LogP contribution < -0.4 is 0 Å². The molecule has 0 aromatic heterocycles. The first kappa shape index (κ1) is 16.9. The summed E-state index contributed by atoms with van der Waals surface area (Å²) in [6, 6.07) is 0. The third kappa shape index (κ3) is 9.61. The highest BCUT2D eigenvalue weighted by molar-refractivity contribution is 4.55. The van der Waals surface area contributed by atoms with E-state index in [2.05, 4.69) is 37.5 Å². The highest BCUT2D eigenvalue weighted by atomic mass is 15.1. The quantitative estimate of drug-likeness (QED) is 0.482. The van der Waals surface area contributed by atoms with Crippen molar-refractivity contribution in [3.63, 3.8) is 0 Å². The van der Waals surface area contributed by atoms with Crippen molar-refractivity contribution in [3.8, 4) is 0 Å². The van der Waals surface area contributed by atoms with E-state index in [1.54, 1.807) is 0 Å². The largest absolute Gasteiger partial charge is 0.304 e. The van der Waals surface area contributed by atoms with Gasteiger partial charge in [0.1, 0.15) is 0 Å². The van der Waals surface area contributed by atoms with Crippen molar-refractivity contribution in [1.29, 1.82) is 0 Å². The summed E-state index contributed by atoms with van der Waals surface area (Å²) >= 11 is 0. The molecule has 0 aliphatic heterocycles. The molecule has 0 saturated carbocycles. The Hall–Kier alpha value is -0.0800. The summed E-state index contributed by atoms with van der Waals surface area (Å²) in [6.45, 7) is 16.4. The minimum absolute atomic E-state index is 1.21. The van der Waals surface area contributed by atoms with Gasteiger partial charge in [0.2, 0.25) is 0 Å². The molecule has 0 N–H and O–H groups in total. The molecule has 0 rings (SSSR count). The van der Waals surface area contributed by atoms with Crippen LogP contribution in [0, 0.1) is 0 Å². The second kappa shape index (κ2) is 12.4. The molecule has 104 valence electrons. The Kier molecular flexibility index (Phi) is 12.3. The predicted molar refractivity (Wildman–Crippen MR) is 78.7 cm³/mol. The zero-order chi connectivity index (χ0) is 12.9. The number of rotatable bonds is 12. The normalized spacial score (nSPS) is 11.6. The maximum absolute atomic E-state index is 2.52. The van der Waals surface area contributed by atoms with Crippen LogP contribution in [0.5, 0.6) is 0 Å². The standard InChI is InChI=1S/C15H34N2/c1-5-16(6-2)14-12-10-9-11-13-15-17(7-3)8-4/h5-15H2,1-4H3. The van der Waals surface area contributed by atoms with Gasteiger partial charge in [-0.2, -0.15) is 0 Å². The number of hydrogen-bond donors (Lipinski definition) is 0. The molecule has 0 saturated heterocycles. The molecule has 0 amide bonds. The SMILES string of the molecule is CCN(CC)CCCCCCCN(CC)CC. The van der Waals surface area contributed by atoms with Gasteiger partial charge in [-0.15, -0.1) is 0 Å².